The third-order valence-electron chi connectivity index (χ3n) is 5.04. The average Bonchev–Trinajstić information content (AvgIpc) is 2.49. The van der Waals surface area contributed by atoms with E-state index in [1.807, 2.05) is 7.05 Å². The van der Waals surface area contributed by atoms with E-state index < -0.39 is 0 Å². The number of nitrogens with zero attached hydrogens (tertiary/aromatic N) is 1. The number of hydrogen-bond donors (Lipinski definition) is 1. The molecule has 0 unspecified atom stereocenters. The number of rotatable bonds is 5. The molecule has 0 heterocycles. The van der Waals surface area contributed by atoms with Crippen molar-refractivity contribution in [1.82, 2.24) is 5.32 Å². The maximum Gasteiger partial charge on any atom is 0.0368 e. The van der Waals surface area contributed by atoms with Gasteiger partial charge >= 0.3 is 0 Å². The molecule has 2 heteroatoms. The number of benzene rings is 1. The quantitative estimate of drug-likeness (QED) is 0.869. The first-order valence-electron chi connectivity index (χ1n) is 8.12. The summed E-state index contributed by atoms with van der Waals surface area (Å²) in [4.78, 5) is 2.50. The molecule has 1 aromatic rings. The molecule has 0 bridgehead atoms. The van der Waals surface area contributed by atoms with Crippen LogP contribution in [0, 0.1) is 12.8 Å². The summed E-state index contributed by atoms with van der Waals surface area (Å²) in [7, 11) is 4.27. The Morgan fingerprint density at radius 3 is 2.45 bits per heavy atom. The summed E-state index contributed by atoms with van der Waals surface area (Å²) >= 11 is 0. The summed E-state index contributed by atoms with van der Waals surface area (Å²) in [6.45, 7) is 5.51. The molecule has 20 heavy (non-hydrogen) atoms. The lowest BCUT2D eigenvalue weighted by atomic mass is 9.84. The monoisotopic (exact) mass is 274 g/mol. The first-order valence-corrected chi connectivity index (χ1v) is 8.12. The fourth-order valence-electron chi connectivity index (χ4n) is 3.44. The van der Waals surface area contributed by atoms with Gasteiger partial charge in [-0.15, -0.1) is 0 Å². The number of aryl methyl sites for hydroxylation is 1. The second-order valence-corrected chi connectivity index (χ2v) is 6.33. The van der Waals surface area contributed by atoms with Gasteiger partial charge in [0.2, 0.25) is 0 Å². The first-order chi connectivity index (χ1) is 9.65. The van der Waals surface area contributed by atoms with Crippen LogP contribution in [0.25, 0.3) is 0 Å². The summed E-state index contributed by atoms with van der Waals surface area (Å²) in [5.41, 5.74) is 4.17. The van der Waals surface area contributed by atoms with Gasteiger partial charge in [-0.05, 0) is 68.8 Å². The summed E-state index contributed by atoms with van der Waals surface area (Å²) in [5.74, 6) is 0.972. The lowest BCUT2D eigenvalue weighted by Crippen LogP contribution is -2.35. The molecule has 0 amide bonds. The van der Waals surface area contributed by atoms with Crippen molar-refractivity contribution >= 4 is 5.69 Å². The van der Waals surface area contributed by atoms with Gasteiger partial charge in [-0.1, -0.05) is 19.4 Å². The SMILES string of the molecule is CCC1CCC(N(C)c2ccc(CNC)c(C)c2)CC1. The minimum atomic E-state index is 0.729. The molecule has 0 aliphatic heterocycles. The van der Waals surface area contributed by atoms with Crippen molar-refractivity contribution in [2.45, 2.75) is 58.5 Å². The molecule has 1 aromatic carbocycles. The summed E-state index contributed by atoms with van der Waals surface area (Å²) in [5, 5.41) is 3.23. The van der Waals surface area contributed by atoms with E-state index in [1.54, 1.807) is 0 Å². The Kier molecular flexibility index (Phi) is 5.47. The zero-order chi connectivity index (χ0) is 14.5. The van der Waals surface area contributed by atoms with Crippen molar-refractivity contribution in [2.24, 2.45) is 5.92 Å². The third-order valence-corrected chi connectivity index (χ3v) is 5.04. The molecular weight excluding hydrogens is 244 g/mol. The predicted octanol–water partition coefficient (Wildman–Crippen LogP) is 4.12. The Labute approximate surface area is 124 Å². The highest BCUT2D eigenvalue weighted by atomic mass is 15.1. The summed E-state index contributed by atoms with van der Waals surface area (Å²) in [6.07, 6.45) is 6.87. The molecule has 112 valence electrons. The van der Waals surface area contributed by atoms with Crippen molar-refractivity contribution in [3.05, 3.63) is 29.3 Å². The summed E-state index contributed by atoms with van der Waals surface area (Å²) < 4.78 is 0. The topological polar surface area (TPSA) is 15.3 Å². The highest BCUT2D eigenvalue weighted by Gasteiger charge is 2.23. The molecular formula is C18H30N2. The lowest BCUT2D eigenvalue weighted by molar-refractivity contribution is 0.313. The minimum absolute atomic E-state index is 0.729. The highest BCUT2D eigenvalue weighted by molar-refractivity contribution is 5.51. The van der Waals surface area contributed by atoms with Crippen LogP contribution in [0.2, 0.25) is 0 Å². The predicted molar refractivity (Wildman–Crippen MR) is 88.4 cm³/mol. The van der Waals surface area contributed by atoms with Crippen LogP contribution in [0.5, 0.6) is 0 Å². The average molecular weight is 274 g/mol. The van der Waals surface area contributed by atoms with Crippen molar-refractivity contribution in [3.8, 4) is 0 Å². The Morgan fingerprint density at radius 1 is 1.20 bits per heavy atom. The van der Waals surface area contributed by atoms with E-state index in [0.717, 1.165) is 18.5 Å². The van der Waals surface area contributed by atoms with Crippen LogP contribution in [-0.4, -0.2) is 20.1 Å². The van der Waals surface area contributed by atoms with Crippen molar-refractivity contribution < 1.29 is 0 Å². The molecule has 0 radical (unpaired) electrons. The van der Waals surface area contributed by atoms with E-state index >= 15 is 0 Å². The number of hydrogen-bond acceptors (Lipinski definition) is 2. The number of anilines is 1. The van der Waals surface area contributed by atoms with Gasteiger partial charge in [0.15, 0.2) is 0 Å². The summed E-state index contributed by atoms with van der Waals surface area (Å²) in [6, 6.07) is 7.63. The molecule has 1 saturated carbocycles. The Bertz CT molecular complexity index is 419. The molecule has 0 spiro atoms. The van der Waals surface area contributed by atoms with Crippen LogP contribution in [0.4, 0.5) is 5.69 Å². The molecule has 1 N–H and O–H groups in total. The van der Waals surface area contributed by atoms with Gasteiger partial charge in [0.05, 0.1) is 0 Å². The van der Waals surface area contributed by atoms with E-state index in [-0.39, 0.29) is 0 Å². The van der Waals surface area contributed by atoms with Crippen molar-refractivity contribution in [3.63, 3.8) is 0 Å². The molecule has 1 aliphatic rings. The molecule has 0 aromatic heterocycles. The van der Waals surface area contributed by atoms with Gasteiger partial charge in [0.1, 0.15) is 0 Å². The standard InChI is InChI=1S/C18H30N2/c1-5-15-6-9-17(10-7-15)20(4)18-11-8-16(13-19-3)14(2)12-18/h8,11-12,15,17,19H,5-7,9-10,13H2,1-4H3. The molecule has 2 nitrogen and oxygen atoms in total. The van der Waals surface area contributed by atoms with Gasteiger partial charge in [0.25, 0.3) is 0 Å². The van der Waals surface area contributed by atoms with Crippen molar-refractivity contribution in [2.75, 3.05) is 19.0 Å². The van der Waals surface area contributed by atoms with E-state index in [9.17, 15) is 0 Å². The smallest absolute Gasteiger partial charge is 0.0368 e. The van der Waals surface area contributed by atoms with E-state index in [0.29, 0.717) is 0 Å². The molecule has 1 fully saturated rings. The Morgan fingerprint density at radius 2 is 1.90 bits per heavy atom. The minimum Gasteiger partial charge on any atom is -0.372 e. The Balaban J connectivity index is 2.02. The molecule has 0 atom stereocenters. The van der Waals surface area contributed by atoms with Crippen LogP contribution in [0.15, 0.2) is 18.2 Å². The molecule has 0 saturated heterocycles. The fourth-order valence-corrected chi connectivity index (χ4v) is 3.44. The van der Waals surface area contributed by atoms with E-state index in [1.165, 1.54) is 48.9 Å². The van der Waals surface area contributed by atoms with E-state index in [4.69, 9.17) is 0 Å². The second kappa shape index (κ2) is 7.12. The van der Waals surface area contributed by atoms with Gasteiger partial charge < -0.3 is 10.2 Å². The fraction of sp³-hybridized carbons (Fsp3) is 0.667. The van der Waals surface area contributed by atoms with Crippen LogP contribution in [0.3, 0.4) is 0 Å². The zero-order valence-corrected chi connectivity index (χ0v) is 13.6. The van der Waals surface area contributed by atoms with Gasteiger partial charge in [-0.2, -0.15) is 0 Å². The Hall–Kier alpha value is -1.02. The van der Waals surface area contributed by atoms with Crippen molar-refractivity contribution in [1.29, 1.82) is 0 Å². The zero-order valence-electron chi connectivity index (χ0n) is 13.6. The van der Waals surface area contributed by atoms with Gasteiger partial charge in [-0.3, -0.25) is 0 Å². The first kappa shape index (κ1) is 15.4. The molecule has 1 aliphatic carbocycles. The highest BCUT2D eigenvalue weighted by Crippen LogP contribution is 2.31. The van der Waals surface area contributed by atoms with Crippen LogP contribution in [0.1, 0.15) is 50.2 Å². The van der Waals surface area contributed by atoms with Crippen LogP contribution >= 0.6 is 0 Å². The number of nitrogens with one attached hydrogen (secondary N) is 1. The third kappa shape index (κ3) is 3.54. The van der Waals surface area contributed by atoms with Gasteiger partial charge in [-0.25, -0.2) is 0 Å². The van der Waals surface area contributed by atoms with E-state index in [2.05, 4.69) is 49.3 Å². The van der Waals surface area contributed by atoms with Gasteiger partial charge in [0, 0.05) is 25.3 Å². The second-order valence-electron chi connectivity index (χ2n) is 6.33. The largest absolute Gasteiger partial charge is 0.372 e. The molecule has 2 rings (SSSR count). The van der Waals surface area contributed by atoms with Crippen LogP contribution in [-0.2, 0) is 6.54 Å². The van der Waals surface area contributed by atoms with Crippen LogP contribution < -0.4 is 10.2 Å². The lowest BCUT2D eigenvalue weighted by Gasteiger charge is -2.36. The maximum atomic E-state index is 3.23. The maximum absolute atomic E-state index is 3.23. The normalized spacial score (nSPS) is 22.8.